The summed E-state index contributed by atoms with van der Waals surface area (Å²) in [6.45, 7) is 16.3. The molecule has 0 spiro atoms. The number of aromatic nitrogens is 1. The van der Waals surface area contributed by atoms with E-state index in [0.717, 1.165) is 57.6 Å². The first-order valence-corrected chi connectivity index (χ1v) is 20.4. The molecule has 62 heavy (non-hydrogen) atoms. The predicted molar refractivity (Wildman–Crippen MR) is 230 cm³/mol. The van der Waals surface area contributed by atoms with Crippen molar-refractivity contribution in [3.63, 3.8) is 0 Å². The number of nitrogens with zero attached hydrogens (tertiary/aromatic N) is 1. The average Bonchev–Trinajstić information content (AvgIpc) is 3.58. The summed E-state index contributed by atoms with van der Waals surface area (Å²) in [6, 6.07) is 29.9. The van der Waals surface area contributed by atoms with Gasteiger partial charge in [0.1, 0.15) is 11.6 Å². The van der Waals surface area contributed by atoms with E-state index in [2.05, 4.69) is 64.0 Å². The Labute approximate surface area is 358 Å². The van der Waals surface area contributed by atoms with E-state index in [4.69, 9.17) is 0 Å². The second-order valence-corrected chi connectivity index (χ2v) is 17.6. The van der Waals surface area contributed by atoms with Gasteiger partial charge in [-0.25, -0.2) is 8.78 Å². The summed E-state index contributed by atoms with van der Waals surface area (Å²) in [5, 5.41) is 4.11. The molecule has 0 atom stereocenters. The zero-order valence-electron chi connectivity index (χ0n) is 36.0. The van der Waals surface area contributed by atoms with Crippen LogP contribution in [0.1, 0.15) is 102 Å². The molecule has 0 fully saturated rings. The van der Waals surface area contributed by atoms with Gasteiger partial charge in [-0.3, -0.25) is 4.79 Å². The highest BCUT2D eigenvalue weighted by Gasteiger charge is 2.35. The molecule has 12 heteroatoms. The molecule has 6 rings (SSSR count). The number of carbonyl (C=O) groups is 1. The Morgan fingerprint density at radius 3 is 1.60 bits per heavy atom. The van der Waals surface area contributed by atoms with Crippen molar-refractivity contribution in [3.8, 4) is 0 Å². The van der Waals surface area contributed by atoms with Gasteiger partial charge in [0.05, 0.1) is 22.2 Å². The molecule has 4 nitrogen and oxygen atoms in total. The maximum atomic E-state index is 13.8. The Bertz CT molecular complexity index is 2440. The number of fused-ring (bicyclic) bond motifs is 1. The lowest BCUT2D eigenvalue weighted by molar-refractivity contribution is -0.140. The van der Waals surface area contributed by atoms with E-state index in [0.29, 0.717) is 36.2 Å². The highest BCUT2D eigenvalue weighted by molar-refractivity contribution is 6.05. The Morgan fingerprint density at radius 1 is 0.613 bits per heavy atom. The number of aryl methyl sites for hydroxylation is 1. The van der Waals surface area contributed by atoms with Crippen molar-refractivity contribution in [3.05, 3.63) is 177 Å². The number of benzene rings is 5. The van der Waals surface area contributed by atoms with Gasteiger partial charge in [0.15, 0.2) is 0 Å². The minimum atomic E-state index is -4.79. The van der Waals surface area contributed by atoms with E-state index >= 15 is 0 Å². The molecule has 2 N–H and O–H groups in total. The van der Waals surface area contributed by atoms with Crippen LogP contribution in [-0.4, -0.2) is 28.9 Å². The monoisotopic (exact) mass is 863 g/mol. The number of alkyl halides is 6. The molecule has 0 radical (unpaired) electrons. The van der Waals surface area contributed by atoms with Gasteiger partial charge in [0.2, 0.25) is 0 Å². The summed E-state index contributed by atoms with van der Waals surface area (Å²) < 4.78 is 105. The van der Waals surface area contributed by atoms with E-state index in [1.54, 1.807) is 11.0 Å². The molecule has 1 heterocycles. The first kappa shape index (κ1) is 47.6. The first-order valence-electron chi connectivity index (χ1n) is 20.4. The minimum Gasteiger partial charge on any atom is -0.358 e. The number of carbonyl (C=O) groups excluding carboxylic acids is 1. The standard InChI is InChI=1S/C30H30F4N2O.C20H23F4N/c1-19-16-22-6-5-7-24(27(22)35-19)28(37)36(18-21-8-11-23(12-9-21)29(2,3)4)15-14-20-10-13-26(31)25(17-20)30(32,33)34;1-19(2,3)16-7-4-15(5-8-16)13-25-11-10-14-6-9-18(21)17(12-14)20(22,23)24/h5-13,16-17,35H,14-15,18H2,1-4H3;4-9,12,25H,10-11,13H2,1-3H3. The third-order valence-electron chi connectivity index (χ3n) is 10.6. The van der Waals surface area contributed by atoms with E-state index in [-0.39, 0.29) is 36.2 Å². The fourth-order valence-corrected chi connectivity index (χ4v) is 6.97. The molecule has 0 saturated carbocycles. The number of halogens is 8. The number of rotatable bonds is 11. The molecule has 1 amide bonds. The SMILES string of the molecule is CC(C)(C)c1ccc(CNCCc2ccc(F)c(C(F)(F)F)c2)cc1.Cc1cc2cccc(C(=O)N(CCc3ccc(F)c(C(F)(F)F)c3)Cc3ccc(C(C)(C)C)cc3)c2[nH]1. The molecule has 0 aliphatic heterocycles. The summed E-state index contributed by atoms with van der Waals surface area (Å²) in [7, 11) is 0. The number of H-pyrrole nitrogens is 1. The molecule has 0 unspecified atom stereocenters. The third kappa shape index (κ3) is 12.8. The molecular formula is C50H53F8N3O. The van der Waals surface area contributed by atoms with E-state index in [1.165, 1.54) is 17.7 Å². The van der Waals surface area contributed by atoms with Crippen LogP contribution in [-0.2, 0) is 49.1 Å². The topological polar surface area (TPSA) is 48.1 Å². The van der Waals surface area contributed by atoms with Crippen LogP contribution in [0.5, 0.6) is 0 Å². The summed E-state index contributed by atoms with van der Waals surface area (Å²) in [4.78, 5) is 18.6. The van der Waals surface area contributed by atoms with Crippen LogP contribution in [0.25, 0.3) is 10.9 Å². The molecular weight excluding hydrogens is 811 g/mol. The van der Waals surface area contributed by atoms with Crippen molar-refractivity contribution in [2.75, 3.05) is 13.1 Å². The van der Waals surface area contributed by atoms with Gasteiger partial charge in [-0.2, -0.15) is 26.3 Å². The Hall–Kier alpha value is -5.49. The lowest BCUT2D eigenvalue weighted by Crippen LogP contribution is -2.32. The van der Waals surface area contributed by atoms with Gasteiger partial charge in [-0.05, 0) is 107 Å². The molecule has 1 aromatic heterocycles. The summed E-state index contributed by atoms with van der Waals surface area (Å²) in [5.74, 6) is -2.77. The first-order chi connectivity index (χ1) is 28.9. The molecule has 0 aliphatic carbocycles. The van der Waals surface area contributed by atoms with Crippen molar-refractivity contribution in [2.24, 2.45) is 0 Å². The van der Waals surface area contributed by atoms with Crippen molar-refractivity contribution >= 4 is 16.8 Å². The number of hydrogen-bond donors (Lipinski definition) is 2. The molecule has 0 saturated heterocycles. The second-order valence-electron chi connectivity index (χ2n) is 17.6. The van der Waals surface area contributed by atoms with Crippen LogP contribution >= 0.6 is 0 Å². The number of para-hydroxylation sites is 1. The lowest BCUT2D eigenvalue weighted by atomic mass is 9.87. The maximum absolute atomic E-state index is 13.8. The fraction of sp³-hybridized carbons (Fsp3) is 0.340. The number of aromatic amines is 1. The Balaban J connectivity index is 0.000000253. The third-order valence-corrected chi connectivity index (χ3v) is 10.6. The fourth-order valence-electron chi connectivity index (χ4n) is 6.97. The number of nitrogens with one attached hydrogen (secondary N) is 2. The minimum absolute atomic E-state index is 0.0199. The zero-order chi connectivity index (χ0) is 45.6. The normalized spacial score (nSPS) is 12.3. The van der Waals surface area contributed by atoms with E-state index in [9.17, 15) is 39.9 Å². The van der Waals surface area contributed by atoms with Crippen LogP contribution in [0, 0.1) is 18.6 Å². The molecule has 0 aliphatic rings. The maximum Gasteiger partial charge on any atom is 0.419 e. The van der Waals surface area contributed by atoms with Gasteiger partial charge < -0.3 is 15.2 Å². The van der Waals surface area contributed by atoms with Gasteiger partial charge in [0.25, 0.3) is 5.91 Å². The van der Waals surface area contributed by atoms with Crippen LogP contribution in [0.2, 0.25) is 0 Å². The summed E-state index contributed by atoms with van der Waals surface area (Å²) in [6.07, 6.45) is -8.90. The highest BCUT2D eigenvalue weighted by Crippen LogP contribution is 2.33. The van der Waals surface area contributed by atoms with E-state index in [1.807, 2.05) is 61.5 Å². The predicted octanol–water partition coefficient (Wildman–Crippen LogP) is 13.3. The van der Waals surface area contributed by atoms with Crippen molar-refractivity contribution < 1.29 is 39.9 Å². The quantitative estimate of drug-likeness (QED) is 0.101. The molecule has 330 valence electrons. The van der Waals surface area contributed by atoms with Crippen LogP contribution in [0.15, 0.2) is 109 Å². The van der Waals surface area contributed by atoms with Gasteiger partial charge >= 0.3 is 12.4 Å². The molecule has 0 bridgehead atoms. The van der Waals surface area contributed by atoms with Crippen molar-refractivity contribution in [2.45, 2.75) is 97.6 Å². The second kappa shape index (κ2) is 19.3. The van der Waals surface area contributed by atoms with Crippen LogP contribution in [0.4, 0.5) is 35.1 Å². The van der Waals surface area contributed by atoms with Crippen molar-refractivity contribution in [1.82, 2.24) is 15.2 Å². The van der Waals surface area contributed by atoms with Gasteiger partial charge in [0, 0.05) is 30.7 Å². The lowest BCUT2D eigenvalue weighted by Gasteiger charge is -2.25. The summed E-state index contributed by atoms with van der Waals surface area (Å²) in [5.41, 5.74) is 4.92. The largest absolute Gasteiger partial charge is 0.419 e. The van der Waals surface area contributed by atoms with Crippen molar-refractivity contribution in [1.29, 1.82) is 0 Å². The van der Waals surface area contributed by atoms with E-state index < -0.39 is 35.1 Å². The number of amides is 1. The van der Waals surface area contributed by atoms with Crippen LogP contribution < -0.4 is 5.32 Å². The Morgan fingerprint density at radius 2 is 1.10 bits per heavy atom. The zero-order valence-corrected chi connectivity index (χ0v) is 36.0. The van der Waals surface area contributed by atoms with Crippen LogP contribution in [0.3, 0.4) is 0 Å². The molecule has 6 aromatic rings. The summed E-state index contributed by atoms with van der Waals surface area (Å²) >= 11 is 0. The van der Waals surface area contributed by atoms with Gasteiger partial charge in [-0.15, -0.1) is 0 Å². The molecule has 5 aromatic carbocycles. The number of hydrogen-bond acceptors (Lipinski definition) is 2. The average molecular weight is 864 g/mol. The smallest absolute Gasteiger partial charge is 0.358 e. The Kier molecular flexibility index (Phi) is 14.8. The van der Waals surface area contributed by atoms with Gasteiger partial charge in [-0.1, -0.05) is 114 Å². The highest BCUT2D eigenvalue weighted by atomic mass is 19.4.